The molecule has 1 aliphatic rings. The second kappa shape index (κ2) is 5.06. The number of carbonyl (C=O) groups excluding carboxylic acids is 1. The summed E-state index contributed by atoms with van der Waals surface area (Å²) >= 11 is 1.68. The number of carbonyl (C=O) groups is 1. The minimum Gasteiger partial charge on any atom is -0.300 e. The quantitative estimate of drug-likeness (QED) is 0.806. The van der Waals surface area contributed by atoms with Crippen LogP contribution in [0, 0.1) is 12.8 Å². The van der Waals surface area contributed by atoms with Crippen molar-refractivity contribution in [3.8, 4) is 0 Å². The lowest BCUT2D eigenvalue weighted by Crippen LogP contribution is -2.27. The molecule has 1 aromatic rings. The standard InChI is InChI=1S/C12H18N2OS/c1-9-13-11(8-16-9)7-14(2)6-10-4-3-5-12(10)15/h8,10H,3-7H2,1-2H3. The molecule has 88 valence electrons. The summed E-state index contributed by atoms with van der Waals surface area (Å²) in [6, 6.07) is 0. The van der Waals surface area contributed by atoms with Crippen molar-refractivity contribution in [1.82, 2.24) is 9.88 Å². The van der Waals surface area contributed by atoms with E-state index in [-0.39, 0.29) is 5.92 Å². The Balaban J connectivity index is 1.84. The summed E-state index contributed by atoms with van der Waals surface area (Å²) in [5.41, 5.74) is 1.12. The molecule has 1 saturated carbocycles. The third-order valence-electron chi connectivity index (χ3n) is 3.06. The summed E-state index contributed by atoms with van der Waals surface area (Å²) in [7, 11) is 2.07. The molecule has 0 saturated heterocycles. The van der Waals surface area contributed by atoms with E-state index in [1.165, 1.54) is 0 Å². The first kappa shape index (κ1) is 11.7. The minimum absolute atomic E-state index is 0.268. The molecule has 1 heterocycles. The maximum Gasteiger partial charge on any atom is 0.137 e. The molecule has 0 aromatic carbocycles. The van der Waals surface area contributed by atoms with E-state index in [0.29, 0.717) is 5.78 Å². The molecule has 0 radical (unpaired) electrons. The number of hydrogen-bond acceptors (Lipinski definition) is 4. The largest absolute Gasteiger partial charge is 0.300 e. The van der Waals surface area contributed by atoms with Gasteiger partial charge in [0.05, 0.1) is 10.7 Å². The number of thiazole rings is 1. The van der Waals surface area contributed by atoms with Crippen LogP contribution < -0.4 is 0 Å². The van der Waals surface area contributed by atoms with Crippen LogP contribution in [0.25, 0.3) is 0 Å². The normalized spacial score (nSPS) is 20.9. The van der Waals surface area contributed by atoms with Crippen LogP contribution in [0.3, 0.4) is 0 Å². The van der Waals surface area contributed by atoms with Gasteiger partial charge in [-0.1, -0.05) is 0 Å². The molecule has 1 unspecified atom stereocenters. The summed E-state index contributed by atoms with van der Waals surface area (Å²) in [5, 5.41) is 3.21. The number of Topliss-reactive ketones (excluding diaryl/α,β-unsaturated/α-hetero) is 1. The zero-order chi connectivity index (χ0) is 11.5. The highest BCUT2D eigenvalue weighted by molar-refractivity contribution is 7.09. The third kappa shape index (κ3) is 2.89. The van der Waals surface area contributed by atoms with Crippen LogP contribution in [-0.2, 0) is 11.3 Å². The Labute approximate surface area is 100 Å². The number of ketones is 1. The molecule has 1 atom stereocenters. The van der Waals surface area contributed by atoms with Crippen LogP contribution in [0.2, 0.25) is 0 Å². The van der Waals surface area contributed by atoms with Crippen molar-refractivity contribution in [2.75, 3.05) is 13.6 Å². The fourth-order valence-electron chi connectivity index (χ4n) is 2.28. The Morgan fingerprint density at radius 2 is 2.44 bits per heavy atom. The molecule has 1 aliphatic carbocycles. The second-order valence-corrected chi connectivity index (χ2v) is 5.67. The molecule has 0 N–H and O–H groups in total. The molecule has 16 heavy (non-hydrogen) atoms. The average Bonchev–Trinajstić information content (AvgIpc) is 2.77. The van der Waals surface area contributed by atoms with Crippen LogP contribution in [-0.4, -0.2) is 29.3 Å². The van der Waals surface area contributed by atoms with Gasteiger partial charge < -0.3 is 0 Å². The number of hydrogen-bond donors (Lipinski definition) is 0. The van der Waals surface area contributed by atoms with Gasteiger partial charge in [0.2, 0.25) is 0 Å². The number of aryl methyl sites for hydroxylation is 1. The van der Waals surface area contributed by atoms with Crippen molar-refractivity contribution in [2.24, 2.45) is 5.92 Å². The van der Waals surface area contributed by atoms with Gasteiger partial charge in [-0.25, -0.2) is 4.98 Å². The minimum atomic E-state index is 0.268. The molecule has 3 nitrogen and oxygen atoms in total. The first-order chi connectivity index (χ1) is 7.65. The van der Waals surface area contributed by atoms with Crippen molar-refractivity contribution in [1.29, 1.82) is 0 Å². The highest BCUT2D eigenvalue weighted by atomic mass is 32.1. The van der Waals surface area contributed by atoms with Gasteiger partial charge in [0.15, 0.2) is 0 Å². The van der Waals surface area contributed by atoms with E-state index in [1.807, 2.05) is 6.92 Å². The van der Waals surface area contributed by atoms with E-state index in [4.69, 9.17) is 0 Å². The van der Waals surface area contributed by atoms with Gasteiger partial charge in [-0.3, -0.25) is 9.69 Å². The van der Waals surface area contributed by atoms with Gasteiger partial charge in [-0.05, 0) is 26.8 Å². The van der Waals surface area contributed by atoms with Crippen molar-refractivity contribution < 1.29 is 4.79 Å². The summed E-state index contributed by atoms with van der Waals surface area (Å²) in [4.78, 5) is 18.2. The maximum atomic E-state index is 11.5. The Morgan fingerprint density at radius 3 is 3.00 bits per heavy atom. The Bertz CT molecular complexity index is 375. The van der Waals surface area contributed by atoms with Crippen LogP contribution >= 0.6 is 11.3 Å². The van der Waals surface area contributed by atoms with E-state index >= 15 is 0 Å². The lowest BCUT2D eigenvalue weighted by molar-refractivity contribution is -0.121. The predicted octanol–water partition coefficient (Wildman–Crippen LogP) is 2.25. The van der Waals surface area contributed by atoms with Crippen molar-refractivity contribution >= 4 is 17.1 Å². The van der Waals surface area contributed by atoms with Gasteiger partial charge in [-0.2, -0.15) is 0 Å². The van der Waals surface area contributed by atoms with E-state index in [9.17, 15) is 4.79 Å². The molecule has 0 amide bonds. The molecule has 0 spiro atoms. The monoisotopic (exact) mass is 238 g/mol. The topological polar surface area (TPSA) is 33.2 Å². The molecule has 1 fully saturated rings. The van der Waals surface area contributed by atoms with Gasteiger partial charge in [-0.15, -0.1) is 11.3 Å². The van der Waals surface area contributed by atoms with E-state index in [0.717, 1.165) is 43.1 Å². The van der Waals surface area contributed by atoms with Crippen molar-refractivity contribution in [2.45, 2.75) is 32.7 Å². The summed E-state index contributed by atoms with van der Waals surface area (Å²) in [6.07, 6.45) is 2.93. The first-order valence-corrected chi connectivity index (χ1v) is 6.65. The third-order valence-corrected chi connectivity index (χ3v) is 3.88. The van der Waals surface area contributed by atoms with Gasteiger partial charge >= 0.3 is 0 Å². The molecule has 0 bridgehead atoms. The van der Waals surface area contributed by atoms with Gasteiger partial charge in [0.1, 0.15) is 5.78 Å². The zero-order valence-electron chi connectivity index (χ0n) is 9.90. The van der Waals surface area contributed by atoms with Crippen LogP contribution in [0.15, 0.2) is 5.38 Å². The number of nitrogens with zero attached hydrogens (tertiary/aromatic N) is 2. The van der Waals surface area contributed by atoms with Crippen molar-refractivity contribution in [3.05, 3.63) is 16.1 Å². The number of aromatic nitrogens is 1. The predicted molar refractivity (Wildman–Crippen MR) is 65.5 cm³/mol. The molecular weight excluding hydrogens is 220 g/mol. The number of rotatable bonds is 4. The molecule has 0 aliphatic heterocycles. The van der Waals surface area contributed by atoms with Crippen molar-refractivity contribution in [3.63, 3.8) is 0 Å². The fraction of sp³-hybridized carbons (Fsp3) is 0.667. The molecular formula is C12H18N2OS. The van der Waals surface area contributed by atoms with Crippen LogP contribution in [0.5, 0.6) is 0 Å². The molecule has 4 heteroatoms. The van der Waals surface area contributed by atoms with Crippen LogP contribution in [0.4, 0.5) is 0 Å². The average molecular weight is 238 g/mol. The van der Waals surface area contributed by atoms with E-state index in [2.05, 4.69) is 22.3 Å². The SMILES string of the molecule is Cc1nc(CN(C)CC2CCCC2=O)cs1. The molecule has 1 aromatic heterocycles. The van der Waals surface area contributed by atoms with E-state index < -0.39 is 0 Å². The van der Waals surface area contributed by atoms with Gasteiger partial charge in [0, 0.05) is 30.8 Å². The Morgan fingerprint density at radius 1 is 1.62 bits per heavy atom. The van der Waals surface area contributed by atoms with Crippen LogP contribution in [0.1, 0.15) is 30.0 Å². The summed E-state index contributed by atoms with van der Waals surface area (Å²) < 4.78 is 0. The van der Waals surface area contributed by atoms with E-state index in [1.54, 1.807) is 11.3 Å². The summed E-state index contributed by atoms with van der Waals surface area (Å²) in [5.74, 6) is 0.714. The molecule has 2 rings (SSSR count). The smallest absolute Gasteiger partial charge is 0.137 e. The maximum absolute atomic E-state index is 11.5. The lowest BCUT2D eigenvalue weighted by atomic mass is 10.1. The summed E-state index contributed by atoms with van der Waals surface area (Å²) in [6.45, 7) is 3.76. The zero-order valence-corrected chi connectivity index (χ0v) is 10.7. The van der Waals surface area contributed by atoms with Gasteiger partial charge in [0.25, 0.3) is 0 Å². The second-order valence-electron chi connectivity index (χ2n) is 4.61. The highest BCUT2D eigenvalue weighted by Gasteiger charge is 2.25. The highest BCUT2D eigenvalue weighted by Crippen LogP contribution is 2.22. The lowest BCUT2D eigenvalue weighted by Gasteiger charge is -2.18. The fourth-order valence-corrected chi connectivity index (χ4v) is 2.88. The Hall–Kier alpha value is -0.740. The Kier molecular flexibility index (Phi) is 3.71. The first-order valence-electron chi connectivity index (χ1n) is 5.77.